The summed E-state index contributed by atoms with van der Waals surface area (Å²) >= 11 is 0. The van der Waals surface area contributed by atoms with Gasteiger partial charge in [-0.25, -0.2) is 0 Å². The number of hydrogen-bond acceptors (Lipinski definition) is 6. The quantitative estimate of drug-likeness (QED) is 0.0569. The Bertz CT molecular complexity index is 455. The molecule has 0 aliphatic heterocycles. The number of ether oxygens (including phenoxy) is 1. The van der Waals surface area contributed by atoms with Gasteiger partial charge < -0.3 is 24.0 Å². The zero-order valence-electron chi connectivity index (χ0n) is 24.1. The van der Waals surface area contributed by atoms with E-state index in [4.69, 9.17) is 13.8 Å². The SMILES string of the molecule is CCCCCCCCCCCCCCCCCCCCCC(COP(O)OCCCNC)OC(C)=O. The Morgan fingerprint density at radius 3 is 1.58 bits per heavy atom. The fraction of sp³-hybridized carbons (Fsp3) is 0.966. The van der Waals surface area contributed by atoms with Gasteiger partial charge in [0, 0.05) is 6.92 Å². The van der Waals surface area contributed by atoms with Crippen molar-refractivity contribution >= 4 is 14.6 Å². The van der Waals surface area contributed by atoms with Crippen molar-refractivity contribution in [3.8, 4) is 0 Å². The molecular weight excluding hydrogens is 473 g/mol. The molecule has 0 aromatic carbocycles. The van der Waals surface area contributed by atoms with Crippen LogP contribution >= 0.6 is 8.60 Å². The zero-order valence-corrected chi connectivity index (χ0v) is 25.0. The summed E-state index contributed by atoms with van der Waals surface area (Å²) in [5.41, 5.74) is 0. The third-order valence-corrected chi connectivity index (χ3v) is 7.38. The molecular formula is C29H60NO5P. The third kappa shape index (κ3) is 28.3. The van der Waals surface area contributed by atoms with Gasteiger partial charge in [0.25, 0.3) is 0 Å². The third-order valence-electron chi connectivity index (χ3n) is 6.61. The van der Waals surface area contributed by atoms with Crippen molar-refractivity contribution in [3.63, 3.8) is 0 Å². The molecule has 0 aromatic rings. The Balaban J connectivity index is 3.50. The number of unbranched alkanes of at least 4 members (excludes halogenated alkanes) is 18. The number of carbonyl (C=O) groups excluding carboxylic acids is 1. The lowest BCUT2D eigenvalue weighted by atomic mass is 10.0. The molecule has 0 spiro atoms. The van der Waals surface area contributed by atoms with Crippen LogP contribution < -0.4 is 5.32 Å². The average Bonchev–Trinajstić information content (AvgIpc) is 2.86. The van der Waals surface area contributed by atoms with Gasteiger partial charge in [0.05, 0.1) is 13.2 Å². The first-order chi connectivity index (χ1) is 17.6. The fourth-order valence-electron chi connectivity index (χ4n) is 4.44. The summed E-state index contributed by atoms with van der Waals surface area (Å²) in [6.07, 6.45) is 27.0. The summed E-state index contributed by atoms with van der Waals surface area (Å²) in [4.78, 5) is 21.2. The van der Waals surface area contributed by atoms with Crippen molar-refractivity contribution in [2.24, 2.45) is 0 Å². The highest BCUT2D eigenvalue weighted by Gasteiger charge is 2.16. The fourth-order valence-corrected chi connectivity index (χ4v) is 5.09. The normalized spacial score (nSPS) is 13.1. The van der Waals surface area contributed by atoms with Crippen molar-refractivity contribution < 1.29 is 23.5 Å². The lowest BCUT2D eigenvalue weighted by Crippen LogP contribution is -2.21. The number of hydrogen-bond donors (Lipinski definition) is 2. The largest absolute Gasteiger partial charge is 0.460 e. The van der Waals surface area contributed by atoms with Gasteiger partial charge in [0.15, 0.2) is 0 Å². The summed E-state index contributed by atoms with van der Waals surface area (Å²) in [5.74, 6) is -0.307. The van der Waals surface area contributed by atoms with E-state index in [1.807, 2.05) is 7.05 Å². The van der Waals surface area contributed by atoms with Gasteiger partial charge in [-0.05, 0) is 32.9 Å². The minimum atomic E-state index is -1.92. The molecule has 0 rings (SSSR count). The van der Waals surface area contributed by atoms with Crippen LogP contribution in [0, 0.1) is 0 Å². The number of carbonyl (C=O) groups is 1. The highest BCUT2D eigenvalue weighted by molar-refractivity contribution is 7.40. The molecule has 0 radical (unpaired) electrons. The molecule has 36 heavy (non-hydrogen) atoms. The lowest BCUT2D eigenvalue weighted by Gasteiger charge is -2.18. The molecule has 0 saturated carbocycles. The van der Waals surface area contributed by atoms with E-state index in [1.54, 1.807) is 0 Å². The molecule has 2 unspecified atom stereocenters. The Kier molecular flexibility index (Phi) is 29.1. The maximum Gasteiger partial charge on any atom is 0.329 e. The van der Waals surface area contributed by atoms with E-state index >= 15 is 0 Å². The van der Waals surface area contributed by atoms with E-state index in [2.05, 4.69) is 12.2 Å². The zero-order chi connectivity index (χ0) is 26.5. The summed E-state index contributed by atoms with van der Waals surface area (Å²) in [6.45, 7) is 5.16. The molecule has 6 nitrogen and oxygen atoms in total. The van der Waals surface area contributed by atoms with Crippen LogP contribution in [0.1, 0.15) is 149 Å². The number of esters is 1. The van der Waals surface area contributed by atoms with E-state index in [0.717, 1.165) is 32.2 Å². The number of nitrogens with one attached hydrogen (secondary N) is 1. The first kappa shape index (κ1) is 35.7. The molecule has 0 amide bonds. The molecule has 2 N–H and O–H groups in total. The summed E-state index contributed by atoms with van der Waals surface area (Å²) < 4.78 is 16.0. The van der Waals surface area contributed by atoms with Crippen molar-refractivity contribution in [1.29, 1.82) is 0 Å². The topological polar surface area (TPSA) is 77.0 Å². The maximum atomic E-state index is 11.4. The van der Waals surface area contributed by atoms with Crippen LogP contribution in [0.3, 0.4) is 0 Å². The minimum absolute atomic E-state index is 0.187. The van der Waals surface area contributed by atoms with Gasteiger partial charge in [-0.1, -0.05) is 122 Å². The second-order valence-corrected chi connectivity index (χ2v) is 11.2. The summed E-state index contributed by atoms with van der Waals surface area (Å²) in [5, 5.41) is 3.03. The molecule has 2 atom stereocenters. The first-order valence-corrected chi connectivity index (χ1v) is 16.3. The molecule has 0 fully saturated rings. The first-order valence-electron chi connectivity index (χ1n) is 15.2. The van der Waals surface area contributed by atoms with Crippen LogP contribution in [0.2, 0.25) is 0 Å². The molecule has 0 saturated heterocycles. The van der Waals surface area contributed by atoms with E-state index in [-0.39, 0.29) is 18.7 Å². The number of rotatable bonds is 29. The predicted molar refractivity (Wildman–Crippen MR) is 153 cm³/mol. The molecule has 216 valence electrons. The van der Waals surface area contributed by atoms with Crippen LogP contribution in [0.25, 0.3) is 0 Å². The average molecular weight is 534 g/mol. The Morgan fingerprint density at radius 1 is 0.722 bits per heavy atom. The van der Waals surface area contributed by atoms with Gasteiger partial charge in [-0.15, -0.1) is 0 Å². The molecule has 0 aromatic heterocycles. The van der Waals surface area contributed by atoms with E-state index in [9.17, 15) is 9.69 Å². The highest BCUT2D eigenvalue weighted by Crippen LogP contribution is 2.33. The standard InChI is InChI=1S/C29H60NO5P/c1-4-5-6-7-8-9-10-11-12-13-14-15-16-17-18-19-20-21-22-24-29(35-28(2)31)27-34-36(32)33-26-23-25-30-3/h29-30,32H,4-27H2,1-3H3. The van der Waals surface area contributed by atoms with Crippen LogP contribution in [-0.4, -0.2) is 43.8 Å². The van der Waals surface area contributed by atoms with E-state index in [1.165, 1.54) is 116 Å². The van der Waals surface area contributed by atoms with Crippen molar-refractivity contribution in [2.45, 2.75) is 155 Å². The maximum absolute atomic E-state index is 11.4. The van der Waals surface area contributed by atoms with E-state index in [0.29, 0.717) is 6.61 Å². The van der Waals surface area contributed by atoms with Crippen LogP contribution in [0.4, 0.5) is 0 Å². The lowest BCUT2D eigenvalue weighted by molar-refractivity contribution is -0.148. The molecule has 0 heterocycles. The van der Waals surface area contributed by atoms with Crippen LogP contribution in [0.5, 0.6) is 0 Å². The summed E-state index contributed by atoms with van der Waals surface area (Å²) in [6, 6.07) is 0. The highest BCUT2D eigenvalue weighted by atomic mass is 31.2. The van der Waals surface area contributed by atoms with Gasteiger partial charge in [-0.2, -0.15) is 0 Å². The summed E-state index contributed by atoms with van der Waals surface area (Å²) in [7, 11) is -0.0376. The van der Waals surface area contributed by atoms with Gasteiger partial charge in [0.2, 0.25) is 0 Å². The second kappa shape index (κ2) is 29.3. The predicted octanol–water partition coefficient (Wildman–Crippen LogP) is 8.60. The Hall–Kier alpha value is -0.260. The molecule has 0 aliphatic rings. The monoisotopic (exact) mass is 533 g/mol. The second-order valence-electron chi connectivity index (χ2n) is 10.2. The van der Waals surface area contributed by atoms with Crippen molar-refractivity contribution in [3.05, 3.63) is 0 Å². The van der Waals surface area contributed by atoms with Crippen molar-refractivity contribution in [1.82, 2.24) is 5.32 Å². The van der Waals surface area contributed by atoms with Gasteiger partial charge >= 0.3 is 14.6 Å². The smallest absolute Gasteiger partial charge is 0.329 e. The molecule has 0 bridgehead atoms. The Morgan fingerprint density at radius 2 is 1.17 bits per heavy atom. The molecule has 7 heteroatoms. The van der Waals surface area contributed by atoms with Crippen LogP contribution in [-0.2, 0) is 18.6 Å². The van der Waals surface area contributed by atoms with E-state index < -0.39 is 8.60 Å². The Labute approximate surface area is 225 Å². The molecule has 0 aliphatic carbocycles. The van der Waals surface area contributed by atoms with Gasteiger partial charge in [0.1, 0.15) is 6.10 Å². The van der Waals surface area contributed by atoms with Crippen LogP contribution in [0.15, 0.2) is 0 Å². The minimum Gasteiger partial charge on any atom is -0.460 e. The van der Waals surface area contributed by atoms with Gasteiger partial charge in [-0.3, -0.25) is 4.79 Å². The van der Waals surface area contributed by atoms with Crippen molar-refractivity contribution in [2.75, 3.05) is 26.8 Å².